The van der Waals surface area contributed by atoms with Gasteiger partial charge in [-0.3, -0.25) is 9.78 Å². The van der Waals surface area contributed by atoms with E-state index in [0.29, 0.717) is 37.0 Å². The average Bonchev–Trinajstić information content (AvgIpc) is 3.74. The summed E-state index contributed by atoms with van der Waals surface area (Å²) >= 11 is 0. The average molecular weight is 537 g/mol. The highest BCUT2D eigenvalue weighted by Crippen LogP contribution is 2.30. The molecule has 0 unspecified atom stereocenters. The lowest BCUT2D eigenvalue weighted by Gasteiger charge is -2.30. The van der Waals surface area contributed by atoms with Gasteiger partial charge in [0.1, 0.15) is 5.75 Å². The van der Waals surface area contributed by atoms with Gasteiger partial charge in [0.15, 0.2) is 0 Å². The number of sulfonamides is 1. The minimum absolute atomic E-state index is 0.163. The largest absolute Gasteiger partial charge is 0.493 e. The number of fused-ring (bicyclic) bond motifs is 1. The van der Waals surface area contributed by atoms with Crippen molar-refractivity contribution in [2.75, 3.05) is 37.8 Å². The Morgan fingerprint density at radius 2 is 1.79 bits per heavy atom. The lowest BCUT2D eigenvalue weighted by atomic mass is 9.98. The van der Waals surface area contributed by atoms with E-state index in [1.54, 1.807) is 16.4 Å². The molecule has 5 rings (SSSR count). The van der Waals surface area contributed by atoms with E-state index in [-0.39, 0.29) is 5.91 Å². The molecule has 1 aromatic heterocycles. The second-order valence-electron chi connectivity index (χ2n) is 10.6. The number of aryl methyl sites for hydroxylation is 1. The Morgan fingerprint density at radius 1 is 1.05 bits per heavy atom. The van der Waals surface area contributed by atoms with Crippen molar-refractivity contribution in [1.29, 1.82) is 0 Å². The molecular weight excluding hydrogens is 500 g/mol. The van der Waals surface area contributed by atoms with Crippen LogP contribution in [0.25, 0.3) is 10.9 Å². The maximum Gasteiger partial charge on any atom is 0.255 e. The van der Waals surface area contributed by atoms with Crippen molar-refractivity contribution in [3.8, 4) is 5.75 Å². The normalized spacial score (nSPS) is 17.0. The van der Waals surface area contributed by atoms with Gasteiger partial charge in [0.25, 0.3) is 5.91 Å². The van der Waals surface area contributed by atoms with Crippen LogP contribution < -0.4 is 15.4 Å². The number of amides is 1. The number of hydrogen-bond acceptors (Lipinski definition) is 6. The van der Waals surface area contributed by atoms with Crippen LogP contribution in [0.2, 0.25) is 0 Å². The van der Waals surface area contributed by atoms with E-state index in [2.05, 4.69) is 16.7 Å². The number of benzene rings is 2. The van der Waals surface area contributed by atoms with Gasteiger partial charge in [0.2, 0.25) is 10.0 Å². The van der Waals surface area contributed by atoms with Gasteiger partial charge in [-0.2, -0.15) is 0 Å². The predicted molar refractivity (Wildman–Crippen MR) is 150 cm³/mol. The number of aromatic nitrogens is 1. The first-order valence-corrected chi connectivity index (χ1v) is 15.2. The Balaban J connectivity index is 1.15. The van der Waals surface area contributed by atoms with Gasteiger partial charge in [-0.25, -0.2) is 12.7 Å². The number of nitrogens with zero attached hydrogens (tertiary/aromatic N) is 2. The fraction of sp³-hybridized carbons (Fsp3) is 0.448. The van der Waals surface area contributed by atoms with Crippen LogP contribution in [0.4, 0.5) is 5.69 Å². The van der Waals surface area contributed by atoms with Crippen LogP contribution in [-0.2, 0) is 16.6 Å². The number of hydrogen-bond donors (Lipinski definition) is 2. The lowest BCUT2D eigenvalue weighted by Crippen LogP contribution is -2.40. The SMILES string of the molecule is Cc1c(NC(=O)c2ccc(OCC3CC3)cc2)ccc2cc(CNCC3CCN(S(C)(=O)=O)CC3)cnc12. The van der Waals surface area contributed by atoms with Gasteiger partial charge in [-0.15, -0.1) is 0 Å². The maximum absolute atomic E-state index is 12.8. The molecule has 2 aromatic carbocycles. The van der Waals surface area contributed by atoms with Gasteiger partial charge in [0, 0.05) is 42.5 Å². The van der Waals surface area contributed by atoms with E-state index in [1.807, 2.05) is 37.4 Å². The first-order valence-electron chi connectivity index (χ1n) is 13.3. The van der Waals surface area contributed by atoms with E-state index in [0.717, 1.165) is 59.5 Å². The minimum Gasteiger partial charge on any atom is -0.493 e. The van der Waals surface area contributed by atoms with Crippen LogP contribution in [0, 0.1) is 18.8 Å². The summed E-state index contributed by atoms with van der Waals surface area (Å²) in [5.41, 5.74) is 4.21. The number of piperidine rings is 1. The summed E-state index contributed by atoms with van der Waals surface area (Å²) in [6, 6.07) is 13.3. The Morgan fingerprint density at radius 3 is 2.47 bits per heavy atom. The Kier molecular flexibility index (Phi) is 7.97. The van der Waals surface area contributed by atoms with Crippen molar-refractivity contribution in [2.45, 2.75) is 39.2 Å². The van der Waals surface area contributed by atoms with Crippen molar-refractivity contribution in [1.82, 2.24) is 14.6 Å². The quantitative estimate of drug-likeness (QED) is 0.400. The highest BCUT2D eigenvalue weighted by Gasteiger charge is 2.24. The van der Waals surface area contributed by atoms with Gasteiger partial charge in [-0.1, -0.05) is 6.07 Å². The van der Waals surface area contributed by atoms with E-state index in [4.69, 9.17) is 9.72 Å². The van der Waals surface area contributed by atoms with Gasteiger partial charge in [-0.05, 0) is 98.5 Å². The molecule has 0 spiro atoms. The zero-order valence-electron chi connectivity index (χ0n) is 22.1. The molecule has 1 amide bonds. The Labute approximate surface area is 224 Å². The Hall–Kier alpha value is -3.01. The fourth-order valence-corrected chi connectivity index (χ4v) is 5.76. The van der Waals surface area contributed by atoms with Crippen LogP contribution >= 0.6 is 0 Å². The van der Waals surface area contributed by atoms with Gasteiger partial charge >= 0.3 is 0 Å². The molecule has 2 aliphatic rings. The highest BCUT2D eigenvalue weighted by molar-refractivity contribution is 7.88. The molecule has 1 aliphatic heterocycles. The van der Waals surface area contributed by atoms with E-state index >= 15 is 0 Å². The number of anilines is 1. The number of rotatable bonds is 10. The molecule has 1 saturated carbocycles. The van der Waals surface area contributed by atoms with Crippen LogP contribution in [0.1, 0.15) is 47.2 Å². The third-order valence-corrected chi connectivity index (χ3v) is 8.82. The summed E-state index contributed by atoms with van der Waals surface area (Å²) < 4.78 is 30.7. The van der Waals surface area contributed by atoms with Crippen molar-refractivity contribution in [2.24, 2.45) is 11.8 Å². The third kappa shape index (κ3) is 6.70. The summed E-state index contributed by atoms with van der Waals surface area (Å²) in [5, 5.41) is 7.56. The van der Waals surface area contributed by atoms with Crippen LogP contribution in [-0.4, -0.2) is 56.1 Å². The molecule has 2 N–H and O–H groups in total. The maximum atomic E-state index is 12.8. The molecule has 2 heterocycles. The molecule has 38 heavy (non-hydrogen) atoms. The molecule has 2 fully saturated rings. The van der Waals surface area contributed by atoms with Crippen LogP contribution in [0.3, 0.4) is 0 Å². The summed E-state index contributed by atoms with van der Waals surface area (Å²) in [6.07, 6.45) is 7.40. The summed E-state index contributed by atoms with van der Waals surface area (Å²) in [5.74, 6) is 1.79. The van der Waals surface area contributed by atoms with Crippen molar-refractivity contribution in [3.63, 3.8) is 0 Å². The van der Waals surface area contributed by atoms with Crippen molar-refractivity contribution < 1.29 is 17.9 Å². The number of nitrogens with one attached hydrogen (secondary N) is 2. The Bertz CT molecular complexity index is 1400. The van der Waals surface area contributed by atoms with Crippen LogP contribution in [0.15, 0.2) is 48.7 Å². The van der Waals surface area contributed by atoms with E-state index in [9.17, 15) is 13.2 Å². The molecule has 1 aliphatic carbocycles. The number of pyridine rings is 1. The van der Waals surface area contributed by atoms with E-state index in [1.165, 1.54) is 19.1 Å². The minimum atomic E-state index is -3.09. The summed E-state index contributed by atoms with van der Waals surface area (Å²) in [7, 11) is -3.09. The van der Waals surface area contributed by atoms with Gasteiger partial charge < -0.3 is 15.4 Å². The molecule has 0 bridgehead atoms. The molecule has 0 atom stereocenters. The number of carbonyl (C=O) groups excluding carboxylic acids is 1. The number of ether oxygens (including phenoxy) is 1. The lowest BCUT2D eigenvalue weighted by molar-refractivity contribution is 0.102. The third-order valence-electron chi connectivity index (χ3n) is 7.51. The zero-order valence-corrected chi connectivity index (χ0v) is 22.9. The van der Waals surface area contributed by atoms with E-state index < -0.39 is 10.0 Å². The molecule has 202 valence electrons. The first-order chi connectivity index (χ1) is 18.3. The molecule has 9 heteroatoms. The summed E-state index contributed by atoms with van der Waals surface area (Å²) in [4.78, 5) is 17.5. The fourth-order valence-electron chi connectivity index (χ4n) is 4.89. The molecule has 8 nitrogen and oxygen atoms in total. The summed E-state index contributed by atoms with van der Waals surface area (Å²) in [6.45, 7) is 5.47. The van der Waals surface area contributed by atoms with Gasteiger partial charge in [0.05, 0.1) is 18.4 Å². The zero-order chi connectivity index (χ0) is 26.7. The predicted octanol–water partition coefficient (Wildman–Crippen LogP) is 4.35. The molecule has 0 radical (unpaired) electrons. The van der Waals surface area contributed by atoms with Crippen LogP contribution in [0.5, 0.6) is 5.75 Å². The topological polar surface area (TPSA) is 101 Å². The van der Waals surface area contributed by atoms with Crippen molar-refractivity contribution in [3.05, 3.63) is 65.4 Å². The highest BCUT2D eigenvalue weighted by atomic mass is 32.2. The number of carbonyl (C=O) groups is 1. The second kappa shape index (κ2) is 11.4. The second-order valence-corrected chi connectivity index (χ2v) is 12.6. The standard InChI is InChI=1S/C29H36N4O4S/c1-20-27(32-29(34)24-5-8-26(9-6-24)37-19-22-3-4-22)10-7-25-15-23(18-31-28(20)25)17-30-16-21-11-13-33(14-12-21)38(2,35)36/h5-10,15,18,21-22,30H,3-4,11-14,16-17,19H2,1-2H3,(H,32,34). The molecular formula is C29H36N4O4S. The van der Waals surface area contributed by atoms with Crippen molar-refractivity contribution >= 4 is 32.5 Å². The smallest absolute Gasteiger partial charge is 0.255 e. The first kappa shape index (κ1) is 26.6. The molecule has 1 saturated heterocycles. The molecule has 3 aromatic rings. The monoisotopic (exact) mass is 536 g/mol.